The zero-order valence-corrected chi connectivity index (χ0v) is 18.5. The molecule has 0 saturated carbocycles. The maximum Gasteiger partial charge on any atom is 0.191 e. The first kappa shape index (κ1) is 20.9. The van der Waals surface area contributed by atoms with Crippen LogP contribution in [0.4, 0.5) is 0 Å². The first-order chi connectivity index (χ1) is 14.8. The molecular formula is C24H30N4OS. The average Bonchev–Trinajstić information content (AvgIpc) is 3.16. The minimum Gasteiger partial charge on any atom is -0.497 e. The summed E-state index contributed by atoms with van der Waals surface area (Å²) >= 11 is 1.79. The van der Waals surface area contributed by atoms with Crippen LogP contribution in [-0.4, -0.2) is 45.6 Å². The number of likely N-dealkylation sites (tertiary alicyclic amines) is 1. The van der Waals surface area contributed by atoms with Gasteiger partial charge in [-0.15, -0.1) is 10.2 Å². The molecule has 5 nitrogen and oxygen atoms in total. The van der Waals surface area contributed by atoms with Crippen LogP contribution in [-0.2, 0) is 19.5 Å². The molecule has 6 heteroatoms. The maximum atomic E-state index is 5.25. The third-order valence-corrected chi connectivity index (χ3v) is 6.54. The highest BCUT2D eigenvalue weighted by Gasteiger charge is 2.18. The predicted molar refractivity (Wildman–Crippen MR) is 122 cm³/mol. The van der Waals surface area contributed by atoms with Crippen LogP contribution in [0.5, 0.6) is 5.75 Å². The number of aromatic nitrogens is 3. The Hall–Kier alpha value is -2.31. The highest BCUT2D eigenvalue weighted by molar-refractivity contribution is 7.99. The molecule has 1 fully saturated rings. The number of methoxy groups -OCH3 is 1. The lowest BCUT2D eigenvalue weighted by Gasteiger charge is -2.26. The number of hydrogen-bond donors (Lipinski definition) is 0. The largest absolute Gasteiger partial charge is 0.497 e. The van der Waals surface area contributed by atoms with Gasteiger partial charge in [-0.25, -0.2) is 0 Å². The fraction of sp³-hybridized carbons (Fsp3) is 0.417. The van der Waals surface area contributed by atoms with E-state index in [0.29, 0.717) is 0 Å². The Bertz CT molecular complexity index is 905. The van der Waals surface area contributed by atoms with Crippen LogP contribution in [0, 0.1) is 0 Å². The first-order valence-corrected chi connectivity index (χ1v) is 11.7. The van der Waals surface area contributed by atoms with Crippen molar-refractivity contribution in [2.75, 3.05) is 26.0 Å². The summed E-state index contributed by atoms with van der Waals surface area (Å²) in [4.78, 5) is 2.51. The van der Waals surface area contributed by atoms with Crippen molar-refractivity contribution in [3.8, 4) is 5.75 Å². The molecule has 0 amide bonds. The molecule has 0 radical (unpaired) electrons. The normalized spacial score (nSPS) is 14.7. The first-order valence-electron chi connectivity index (χ1n) is 10.8. The Kier molecular flexibility index (Phi) is 7.43. The van der Waals surface area contributed by atoms with Crippen molar-refractivity contribution in [1.82, 2.24) is 19.7 Å². The van der Waals surface area contributed by atoms with E-state index in [1.165, 1.54) is 30.4 Å². The molecule has 0 atom stereocenters. The highest BCUT2D eigenvalue weighted by Crippen LogP contribution is 2.22. The zero-order chi connectivity index (χ0) is 20.6. The van der Waals surface area contributed by atoms with E-state index in [9.17, 15) is 0 Å². The minimum atomic E-state index is 0.821. The summed E-state index contributed by atoms with van der Waals surface area (Å²) in [5.74, 6) is 2.95. The van der Waals surface area contributed by atoms with Gasteiger partial charge in [0.25, 0.3) is 0 Å². The molecule has 0 spiro atoms. The molecule has 1 aromatic heterocycles. The predicted octanol–water partition coefficient (Wildman–Crippen LogP) is 4.66. The van der Waals surface area contributed by atoms with Crippen molar-refractivity contribution >= 4 is 11.8 Å². The number of nitrogens with zero attached hydrogens (tertiary/aromatic N) is 4. The monoisotopic (exact) mass is 422 g/mol. The van der Waals surface area contributed by atoms with Gasteiger partial charge < -0.3 is 9.30 Å². The summed E-state index contributed by atoms with van der Waals surface area (Å²) in [6.45, 7) is 4.04. The van der Waals surface area contributed by atoms with Crippen molar-refractivity contribution in [3.05, 3.63) is 71.5 Å². The molecule has 158 valence electrons. The molecule has 30 heavy (non-hydrogen) atoms. The van der Waals surface area contributed by atoms with Gasteiger partial charge >= 0.3 is 0 Å². The summed E-state index contributed by atoms with van der Waals surface area (Å²) in [6.07, 6.45) is 4.92. The van der Waals surface area contributed by atoms with Gasteiger partial charge in [0.15, 0.2) is 5.16 Å². The molecule has 1 saturated heterocycles. The number of hydrogen-bond acceptors (Lipinski definition) is 5. The summed E-state index contributed by atoms with van der Waals surface area (Å²) in [5, 5.41) is 10.2. The molecule has 0 bridgehead atoms. The number of aryl methyl sites for hydroxylation is 1. The summed E-state index contributed by atoms with van der Waals surface area (Å²) in [6, 6.07) is 18.9. The number of thioether (sulfide) groups is 1. The van der Waals surface area contributed by atoms with Crippen molar-refractivity contribution < 1.29 is 4.74 Å². The van der Waals surface area contributed by atoms with Crippen LogP contribution in [0.1, 0.15) is 36.2 Å². The van der Waals surface area contributed by atoms with Crippen LogP contribution in [0.3, 0.4) is 0 Å². The molecule has 1 aliphatic heterocycles. The molecule has 4 rings (SSSR count). The second-order valence-corrected chi connectivity index (χ2v) is 8.82. The SMILES string of the molecule is COc1ccc(CCSc2nnc(CN3CCCCC3)n2Cc2ccccc2)cc1. The van der Waals surface area contributed by atoms with E-state index in [0.717, 1.165) is 55.1 Å². The van der Waals surface area contributed by atoms with Crippen LogP contribution in [0.2, 0.25) is 0 Å². The number of piperidine rings is 1. The Labute approximate surface area is 183 Å². The van der Waals surface area contributed by atoms with Gasteiger partial charge in [-0.2, -0.15) is 0 Å². The molecular weight excluding hydrogens is 392 g/mol. The van der Waals surface area contributed by atoms with E-state index in [1.54, 1.807) is 18.9 Å². The topological polar surface area (TPSA) is 43.2 Å². The fourth-order valence-electron chi connectivity index (χ4n) is 3.84. The fourth-order valence-corrected chi connectivity index (χ4v) is 4.78. The van der Waals surface area contributed by atoms with Gasteiger partial charge in [0.05, 0.1) is 20.2 Å². The van der Waals surface area contributed by atoms with Crippen molar-refractivity contribution in [2.24, 2.45) is 0 Å². The van der Waals surface area contributed by atoms with E-state index in [1.807, 2.05) is 12.1 Å². The smallest absolute Gasteiger partial charge is 0.191 e. The summed E-state index contributed by atoms with van der Waals surface area (Å²) in [5.41, 5.74) is 2.60. The second-order valence-electron chi connectivity index (χ2n) is 7.75. The average molecular weight is 423 g/mol. The third-order valence-electron chi connectivity index (χ3n) is 5.57. The number of ether oxygens (including phenoxy) is 1. The Morgan fingerprint density at radius 3 is 2.37 bits per heavy atom. The van der Waals surface area contributed by atoms with Crippen LogP contribution in [0.15, 0.2) is 59.8 Å². The van der Waals surface area contributed by atoms with E-state index in [4.69, 9.17) is 4.74 Å². The van der Waals surface area contributed by atoms with E-state index < -0.39 is 0 Å². The lowest BCUT2D eigenvalue weighted by Crippen LogP contribution is -2.30. The van der Waals surface area contributed by atoms with Gasteiger partial charge in [0.2, 0.25) is 0 Å². The van der Waals surface area contributed by atoms with Gasteiger partial charge in [-0.1, -0.05) is 60.6 Å². The molecule has 2 heterocycles. The van der Waals surface area contributed by atoms with Crippen LogP contribution in [0.25, 0.3) is 0 Å². The van der Waals surface area contributed by atoms with Gasteiger partial charge in [0.1, 0.15) is 11.6 Å². The molecule has 0 N–H and O–H groups in total. The third kappa shape index (κ3) is 5.64. The Morgan fingerprint density at radius 2 is 1.63 bits per heavy atom. The van der Waals surface area contributed by atoms with Gasteiger partial charge in [-0.05, 0) is 55.6 Å². The van der Waals surface area contributed by atoms with Crippen LogP contribution >= 0.6 is 11.8 Å². The van der Waals surface area contributed by atoms with Gasteiger partial charge in [0, 0.05) is 5.75 Å². The Balaban J connectivity index is 1.44. The van der Waals surface area contributed by atoms with Crippen molar-refractivity contribution in [3.63, 3.8) is 0 Å². The summed E-state index contributed by atoms with van der Waals surface area (Å²) < 4.78 is 7.56. The molecule has 2 aromatic carbocycles. The highest BCUT2D eigenvalue weighted by atomic mass is 32.2. The molecule has 3 aromatic rings. The summed E-state index contributed by atoms with van der Waals surface area (Å²) in [7, 11) is 1.70. The zero-order valence-electron chi connectivity index (χ0n) is 17.7. The van der Waals surface area contributed by atoms with Crippen molar-refractivity contribution in [1.29, 1.82) is 0 Å². The quantitative estimate of drug-likeness (QED) is 0.470. The van der Waals surface area contributed by atoms with E-state index >= 15 is 0 Å². The molecule has 0 aliphatic carbocycles. The molecule has 0 unspecified atom stereocenters. The van der Waals surface area contributed by atoms with Crippen molar-refractivity contribution in [2.45, 2.75) is 43.9 Å². The minimum absolute atomic E-state index is 0.821. The van der Waals surface area contributed by atoms with E-state index in [2.05, 4.69) is 62.1 Å². The van der Waals surface area contributed by atoms with Gasteiger partial charge in [-0.3, -0.25) is 4.90 Å². The lowest BCUT2D eigenvalue weighted by molar-refractivity contribution is 0.213. The molecule has 1 aliphatic rings. The van der Waals surface area contributed by atoms with E-state index in [-0.39, 0.29) is 0 Å². The second kappa shape index (κ2) is 10.6. The Morgan fingerprint density at radius 1 is 0.867 bits per heavy atom. The lowest BCUT2D eigenvalue weighted by atomic mass is 10.1. The van der Waals surface area contributed by atoms with Crippen LogP contribution < -0.4 is 4.74 Å². The number of benzene rings is 2. The number of rotatable bonds is 9. The maximum absolute atomic E-state index is 5.25. The standard InChI is InChI=1S/C24H30N4OS/c1-29-22-12-10-20(11-13-22)14-17-30-24-26-25-23(19-27-15-6-3-7-16-27)28(24)18-21-8-4-2-5-9-21/h2,4-5,8-13H,3,6-7,14-19H2,1H3.